The van der Waals surface area contributed by atoms with E-state index in [1.165, 1.54) is 15.4 Å². The van der Waals surface area contributed by atoms with Crippen LogP contribution in [0.2, 0.25) is 0 Å². The Morgan fingerprint density at radius 1 is 1.39 bits per heavy atom. The van der Waals surface area contributed by atoms with Crippen LogP contribution in [0.25, 0.3) is 0 Å². The van der Waals surface area contributed by atoms with Crippen molar-refractivity contribution in [1.29, 1.82) is 0 Å². The lowest BCUT2D eigenvalue weighted by atomic mass is 10.2. The Morgan fingerprint density at radius 2 is 2.00 bits per heavy atom. The van der Waals surface area contributed by atoms with Crippen LogP contribution >= 0.6 is 11.8 Å². The van der Waals surface area contributed by atoms with Gasteiger partial charge < -0.3 is 10.2 Å². The Labute approximate surface area is 114 Å². The zero-order valence-corrected chi connectivity index (χ0v) is 12.4. The third-order valence-corrected chi connectivity index (χ3v) is 3.87. The fourth-order valence-corrected chi connectivity index (χ4v) is 2.18. The van der Waals surface area contributed by atoms with Gasteiger partial charge in [-0.25, -0.2) is 0 Å². The Bertz CT molecular complexity index is 378. The topological polar surface area (TPSA) is 33.5 Å². The Hall–Kier alpha value is -1.00. The lowest BCUT2D eigenvalue weighted by Gasteiger charge is -2.20. The molecule has 3 nitrogen and oxygen atoms in total. The smallest absolute Gasteiger partial charge is 0.278 e. The summed E-state index contributed by atoms with van der Waals surface area (Å²) >= 11 is 1.74. The summed E-state index contributed by atoms with van der Waals surface area (Å²) in [6.45, 7) is 5.48. The third-order valence-electron chi connectivity index (χ3n) is 3.13. The molecule has 0 aliphatic carbocycles. The van der Waals surface area contributed by atoms with Gasteiger partial charge in [-0.2, -0.15) is 0 Å². The first-order chi connectivity index (χ1) is 8.58. The number of nitrogens with one attached hydrogen (secondary N) is 2. The van der Waals surface area contributed by atoms with Crippen molar-refractivity contribution in [3.05, 3.63) is 29.8 Å². The molecular formula is C14H23N2OS+. The molecule has 0 saturated heterocycles. The fourth-order valence-electron chi connectivity index (χ4n) is 1.77. The minimum Gasteiger partial charge on any atom is -0.351 e. The highest BCUT2D eigenvalue weighted by molar-refractivity contribution is 7.98. The number of quaternary nitrogens is 1. The van der Waals surface area contributed by atoms with E-state index in [0.717, 1.165) is 6.54 Å². The van der Waals surface area contributed by atoms with Crippen LogP contribution in [0.5, 0.6) is 0 Å². The Kier molecular flexibility index (Phi) is 6.22. The molecule has 100 valence electrons. The summed E-state index contributed by atoms with van der Waals surface area (Å²) in [5.41, 5.74) is 1.27. The van der Waals surface area contributed by atoms with E-state index in [-0.39, 0.29) is 11.9 Å². The maximum Gasteiger partial charge on any atom is 0.278 e. The van der Waals surface area contributed by atoms with E-state index in [9.17, 15) is 4.79 Å². The van der Waals surface area contributed by atoms with Crippen LogP contribution < -0.4 is 10.2 Å². The molecule has 1 amide bonds. The first-order valence-corrected chi connectivity index (χ1v) is 7.54. The van der Waals surface area contributed by atoms with E-state index in [4.69, 9.17) is 0 Å². The van der Waals surface area contributed by atoms with Crippen LogP contribution in [0.1, 0.15) is 19.4 Å². The zero-order valence-electron chi connectivity index (χ0n) is 11.6. The molecule has 1 aromatic carbocycles. The van der Waals surface area contributed by atoms with Crippen molar-refractivity contribution in [2.24, 2.45) is 0 Å². The van der Waals surface area contributed by atoms with E-state index >= 15 is 0 Å². The number of hydrogen-bond donors (Lipinski definition) is 2. The molecule has 0 aliphatic heterocycles. The largest absolute Gasteiger partial charge is 0.351 e. The fraction of sp³-hybridized carbons (Fsp3) is 0.500. The molecule has 4 heteroatoms. The number of carbonyl (C=O) groups excluding carboxylic acids is 1. The van der Waals surface area contributed by atoms with Crippen molar-refractivity contribution >= 4 is 17.7 Å². The summed E-state index contributed by atoms with van der Waals surface area (Å²) in [5.74, 6) is 0.121. The van der Waals surface area contributed by atoms with Gasteiger partial charge in [-0.3, -0.25) is 4.79 Å². The van der Waals surface area contributed by atoms with Gasteiger partial charge in [-0.05, 0) is 32.2 Å². The lowest BCUT2D eigenvalue weighted by Crippen LogP contribution is -3.12. The summed E-state index contributed by atoms with van der Waals surface area (Å²) in [6.07, 6.45) is 2.07. The summed E-state index contributed by atoms with van der Waals surface area (Å²) in [5, 5.41) is 2.87. The summed E-state index contributed by atoms with van der Waals surface area (Å²) in [6, 6.07) is 8.51. The van der Waals surface area contributed by atoms with Gasteiger partial charge in [0.05, 0.1) is 7.05 Å². The van der Waals surface area contributed by atoms with Crippen LogP contribution in [0.3, 0.4) is 0 Å². The second-order valence-electron chi connectivity index (χ2n) is 4.49. The number of hydrogen-bond acceptors (Lipinski definition) is 2. The van der Waals surface area contributed by atoms with Crippen LogP contribution in [0.15, 0.2) is 29.2 Å². The predicted octanol–water partition coefficient (Wildman–Crippen LogP) is 0.948. The second kappa shape index (κ2) is 7.44. The number of benzene rings is 1. The third kappa shape index (κ3) is 4.35. The molecule has 0 aliphatic rings. The van der Waals surface area contributed by atoms with Gasteiger partial charge in [0.2, 0.25) is 0 Å². The minimum atomic E-state index is -0.0230. The minimum absolute atomic E-state index is 0.0230. The van der Waals surface area contributed by atoms with Crippen molar-refractivity contribution in [2.75, 3.05) is 19.8 Å². The number of likely N-dealkylation sites (N-methyl/N-ethyl adjacent to an activating group) is 2. The van der Waals surface area contributed by atoms with E-state index in [1.54, 1.807) is 11.8 Å². The number of rotatable bonds is 6. The standard InChI is InChI=1S/C14H22N2OS/c1-5-15-14(17)11(2)16(3)10-12-6-8-13(18-4)9-7-12/h6-9,11H,5,10H2,1-4H3,(H,15,17)/p+1/t11-/m0/s1. The number of carbonyl (C=O) groups is 1. The normalized spacial score (nSPS) is 14.0. The van der Waals surface area contributed by atoms with E-state index in [0.29, 0.717) is 6.54 Å². The summed E-state index contributed by atoms with van der Waals surface area (Å²) in [7, 11) is 2.06. The van der Waals surface area contributed by atoms with Crippen LogP contribution in [-0.2, 0) is 11.3 Å². The average molecular weight is 267 g/mol. The van der Waals surface area contributed by atoms with Gasteiger partial charge in [0.15, 0.2) is 6.04 Å². The molecule has 0 fully saturated rings. The second-order valence-corrected chi connectivity index (χ2v) is 5.37. The molecule has 1 aromatic rings. The molecule has 0 bridgehead atoms. The molecular weight excluding hydrogens is 244 g/mol. The van der Waals surface area contributed by atoms with E-state index < -0.39 is 0 Å². The average Bonchev–Trinajstić information content (AvgIpc) is 2.39. The molecule has 0 aromatic heterocycles. The van der Waals surface area contributed by atoms with Crippen molar-refractivity contribution in [2.45, 2.75) is 31.3 Å². The molecule has 2 atom stereocenters. The molecule has 0 heterocycles. The van der Waals surface area contributed by atoms with Crippen LogP contribution in [-0.4, -0.2) is 31.8 Å². The highest BCUT2D eigenvalue weighted by atomic mass is 32.2. The predicted molar refractivity (Wildman–Crippen MR) is 77.0 cm³/mol. The maximum atomic E-state index is 11.7. The molecule has 2 N–H and O–H groups in total. The number of thioether (sulfide) groups is 1. The van der Waals surface area contributed by atoms with Crippen molar-refractivity contribution in [3.8, 4) is 0 Å². The lowest BCUT2D eigenvalue weighted by molar-refractivity contribution is -0.908. The molecule has 1 rings (SSSR count). The molecule has 18 heavy (non-hydrogen) atoms. The van der Waals surface area contributed by atoms with Crippen LogP contribution in [0, 0.1) is 0 Å². The Morgan fingerprint density at radius 3 is 2.50 bits per heavy atom. The summed E-state index contributed by atoms with van der Waals surface area (Å²) in [4.78, 5) is 14.2. The van der Waals surface area contributed by atoms with Crippen LogP contribution in [0.4, 0.5) is 0 Å². The number of amides is 1. The Balaban J connectivity index is 2.57. The van der Waals surface area contributed by atoms with Crippen molar-refractivity contribution < 1.29 is 9.69 Å². The monoisotopic (exact) mass is 267 g/mol. The zero-order chi connectivity index (χ0) is 13.5. The van der Waals surface area contributed by atoms with Crippen molar-refractivity contribution in [3.63, 3.8) is 0 Å². The molecule has 0 saturated carbocycles. The van der Waals surface area contributed by atoms with E-state index in [1.807, 2.05) is 13.8 Å². The van der Waals surface area contributed by atoms with Gasteiger partial charge in [-0.1, -0.05) is 12.1 Å². The van der Waals surface area contributed by atoms with Gasteiger partial charge in [0.1, 0.15) is 6.54 Å². The molecule has 0 spiro atoms. The SMILES string of the molecule is CCNC(=O)[C@H](C)[NH+](C)Cc1ccc(SC)cc1. The molecule has 1 unspecified atom stereocenters. The quantitative estimate of drug-likeness (QED) is 0.752. The first-order valence-electron chi connectivity index (χ1n) is 6.31. The highest BCUT2D eigenvalue weighted by Gasteiger charge is 2.20. The molecule has 0 radical (unpaired) electrons. The first kappa shape index (κ1) is 15.1. The highest BCUT2D eigenvalue weighted by Crippen LogP contribution is 2.14. The van der Waals surface area contributed by atoms with Gasteiger partial charge in [0, 0.05) is 17.0 Å². The maximum absolute atomic E-state index is 11.7. The van der Waals surface area contributed by atoms with Gasteiger partial charge >= 0.3 is 0 Å². The van der Waals surface area contributed by atoms with E-state index in [2.05, 4.69) is 42.9 Å². The van der Waals surface area contributed by atoms with Gasteiger partial charge in [0.25, 0.3) is 5.91 Å². The summed E-state index contributed by atoms with van der Waals surface area (Å²) < 4.78 is 0. The van der Waals surface area contributed by atoms with Gasteiger partial charge in [-0.15, -0.1) is 11.8 Å². The van der Waals surface area contributed by atoms with Crippen molar-refractivity contribution in [1.82, 2.24) is 5.32 Å².